The Labute approximate surface area is 164 Å². The Hall–Kier alpha value is -1.64. The van der Waals surface area contributed by atoms with E-state index in [0.717, 1.165) is 5.56 Å². The molecule has 0 unspecified atom stereocenters. The van der Waals surface area contributed by atoms with Gasteiger partial charge in [-0.25, -0.2) is 4.57 Å². The number of carboxylic acids is 1. The van der Waals surface area contributed by atoms with Gasteiger partial charge in [0.05, 0.1) is 6.61 Å². The summed E-state index contributed by atoms with van der Waals surface area (Å²) in [5, 5.41) is 54.2. The minimum absolute atomic E-state index is 0.160. The maximum absolute atomic E-state index is 10.4. The molecule has 0 saturated carbocycles. The summed E-state index contributed by atoms with van der Waals surface area (Å²) in [6, 6.07) is 5.42. The van der Waals surface area contributed by atoms with Gasteiger partial charge < -0.3 is 50.9 Å². The fourth-order valence-corrected chi connectivity index (χ4v) is 2.55. The molecular formula is C15H24NO12P. The minimum atomic E-state index is -4.73. The molecule has 1 aromatic carbocycles. The molecule has 2 rings (SSSR count). The van der Waals surface area contributed by atoms with Crippen LogP contribution in [0, 0.1) is 0 Å². The Morgan fingerprint density at radius 1 is 1.10 bits per heavy atom. The molecule has 0 radical (unpaired) electrons. The van der Waals surface area contributed by atoms with Gasteiger partial charge in [0.2, 0.25) is 0 Å². The Morgan fingerprint density at radius 2 is 1.66 bits per heavy atom. The van der Waals surface area contributed by atoms with Crippen LogP contribution < -0.4 is 5.73 Å². The molecule has 0 bridgehead atoms. The Balaban J connectivity index is 0.000000296. The summed E-state index contributed by atoms with van der Waals surface area (Å²) < 4.78 is 19.0. The number of hydrogen-bond acceptors (Lipinski definition) is 10. The van der Waals surface area contributed by atoms with Crippen molar-refractivity contribution < 1.29 is 59.0 Å². The number of ether oxygens (including phenoxy) is 1. The summed E-state index contributed by atoms with van der Waals surface area (Å²) in [4.78, 5) is 27.2. The molecule has 1 saturated heterocycles. The smallest absolute Gasteiger partial charge is 0.469 e. The maximum atomic E-state index is 10.4. The largest absolute Gasteiger partial charge is 0.508 e. The zero-order valence-corrected chi connectivity index (χ0v) is 15.8. The summed E-state index contributed by atoms with van der Waals surface area (Å²) in [6.07, 6.45) is -7.83. The van der Waals surface area contributed by atoms with Crippen molar-refractivity contribution in [3.05, 3.63) is 29.8 Å². The van der Waals surface area contributed by atoms with Crippen molar-refractivity contribution in [1.82, 2.24) is 0 Å². The summed E-state index contributed by atoms with van der Waals surface area (Å²) >= 11 is 0. The highest BCUT2D eigenvalue weighted by Crippen LogP contribution is 2.36. The van der Waals surface area contributed by atoms with E-state index in [2.05, 4.69) is 9.26 Å². The molecule has 0 spiro atoms. The Bertz CT molecular complexity index is 695. The summed E-state index contributed by atoms with van der Waals surface area (Å²) in [5.74, 6) is -0.860. The van der Waals surface area contributed by atoms with Gasteiger partial charge in [-0.1, -0.05) is 12.1 Å². The van der Waals surface area contributed by atoms with E-state index in [1.165, 1.54) is 12.1 Å². The quantitative estimate of drug-likeness (QED) is 0.204. The van der Waals surface area contributed by atoms with E-state index in [0.29, 0.717) is 0 Å². The number of aliphatic hydroxyl groups is 4. The highest BCUT2D eigenvalue weighted by molar-refractivity contribution is 7.46. The molecule has 166 valence electrons. The van der Waals surface area contributed by atoms with Crippen molar-refractivity contribution in [2.24, 2.45) is 5.73 Å². The van der Waals surface area contributed by atoms with E-state index < -0.39 is 57.1 Å². The highest BCUT2D eigenvalue weighted by atomic mass is 31.2. The molecule has 14 heteroatoms. The van der Waals surface area contributed by atoms with Gasteiger partial charge in [-0.3, -0.25) is 9.32 Å². The third kappa shape index (κ3) is 8.72. The van der Waals surface area contributed by atoms with Gasteiger partial charge in [-0.05, 0) is 24.1 Å². The first kappa shape index (κ1) is 25.4. The Kier molecular flexibility index (Phi) is 9.58. The zero-order valence-electron chi connectivity index (χ0n) is 14.9. The zero-order chi connectivity index (χ0) is 22.4. The normalized spacial score (nSPS) is 28.2. The van der Waals surface area contributed by atoms with Gasteiger partial charge in [-0.2, -0.15) is 0 Å². The molecule has 10 N–H and O–H groups in total. The topological polar surface area (TPSA) is 240 Å². The molecule has 29 heavy (non-hydrogen) atoms. The van der Waals surface area contributed by atoms with Gasteiger partial charge >= 0.3 is 13.8 Å². The number of benzene rings is 1. The second-order valence-corrected chi connectivity index (χ2v) is 7.38. The first-order valence-corrected chi connectivity index (χ1v) is 9.69. The first-order chi connectivity index (χ1) is 13.3. The van der Waals surface area contributed by atoms with Crippen LogP contribution in [0.5, 0.6) is 5.75 Å². The molecule has 0 aliphatic carbocycles. The third-order valence-electron chi connectivity index (χ3n) is 3.80. The average molecular weight is 441 g/mol. The number of carboxylic acid groups (broad SMARTS) is 1. The third-order valence-corrected chi connectivity index (χ3v) is 4.29. The standard InChI is InChI=1S/C9H11NO3.C6H13O9P/c10-8(9(12)13)5-6-1-3-7(11)4-2-6;7-3-2(1-14-16(11,12)13)15-6(10)5(9)4(3)8/h1-4,8,11H,5,10H2,(H,12,13);2-10H,1H2,(H2,11,12,13)/t8-;2-,3-,4+,5-,6+/m01/s1. The minimum Gasteiger partial charge on any atom is -0.508 e. The number of aromatic hydroxyl groups is 1. The van der Waals surface area contributed by atoms with Crippen LogP contribution in [-0.2, 0) is 25.0 Å². The molecule has 1 aliphatic rings. The number of phenolic OH excluding ortho intramolecular Hbond substituents is 1. The van der Waals surface area contributed by atoms with Crippen LogP contribution in [0.4, 0.5) is 0 Å². The van der Waals surface area contributed by atoms with Crippen LogP contribution in [0.15, 0.2) is 24.3 Å². The first-order valence-electron chi connectivity index (χ1n) is 8.16. The Morgan fingerprint density at radius 3 is 2.14 bits per heavy atom. The van der Waals surface area contributed by atoms with Crippen LogP contribution in [0.3, 0.4) is 0 Å². The van der Waals surface area contributed by atoms with E-state index in [1.54, 1.807) is 12.1 Å². The molecule has 6 atom stereocenters. The SMILES string of the molecule is N[C@@H](Cc1ccc(O)cc1)C(=O)O.O=P(O)(O)OC[C@H]1O[C@H](O)[C@H](O)[C@@H](O)[C@@H]1O. The number of phosphoric ester groups is 1. The van der Waals surface area contributed by atoms with Crippen molar-refractivity contribution in [3.8, 4) is 5.75 Å². The van der Waals surface area contributed by atoms with Crippen molar-refractivity contribution >= 4 is 13.8 Å². The van der Waals surface area contributed by atoms with E-state index in [4.69, 9.17) is 35.9 Å². The molecule has 0 amide bonds. The average Bonchev–Trinajstić information content (AvgIpc) is 2.63. The van der Waals surface area contributed by atoms with Gasteiger partial charge in [0.15, 0.2) is 6.29 Å². The molecule has 1 aromatic rings. The van der Waals surface area contributed by atoms with Gasteiger partial charge in [-0.15, -0.1) is 0 Å². The predicted octanol–water partition coefficient (Wildman–Crippen LogP) is -2.76. The maximum Gasteiger partial charge on any atom is 0.469 e. The van der Waals surface area contributed by atoms with Crippen LogP contribution in [0.25, 0.3) is 0 Å². The van der Waals surface area contributed by atoms with E-state index in [9.17, 15) is 19.6 Å². The van der Waals surface area contributed by atoms with Gasteiger partial charge in [0.25, 0.3) is 0 Å². The number of phosphoric acid groups is 1. The number of hydrogen-bond donors (Lipinski definition) is 9. The van der Waals surface area contributed by atoms with Crippen LogP contribution in [0.1, 0.15) is 5.56 Å². The molecule has 1 heterocycles. The number of phenols is 1. The second-order valence-electron chi connectivity index (χ2n) is 6.14. The lowest BCUT2D eigenvalue weighted by Gasteiger charge is -2.38. The molecule has 13 nitrogen and oxygen atoms in total. The molecular weight excluding hydrogens is 417 g/mol. The number of aliphatic carboxylic acids is 1. The predicted molar refractivity (Wildman–Crippen MR) is 94.3 cm³/mol. The van der Waals surface area contributed by atoms with Gasteiger partial charge in [0.1, 0.15) is 36.2 Å². The lowest BCUT2D eigenvalue weighted by Crippen LogP contribution is -2.58. The van der Waals surface area contributed by atoms with E-state index >= 15 is 0 Å². The fourth-order valence-electron chi connectivity index (χ4n) is 2.21. The van der Waals surface area contributed by atoms with E-state index in [1.807, 2.05) is 0 Å². The fraction of sp³-hybridized carbons (Fsp3) is 0.533. The summed E-state index contributed by atoms with van der Waals surface area (Å²) in [6.45, 7) is -0.730. The lowest BCUT2D eigenvalue weighted by atomic mass is 10.00. The summed E-state index contributed by atoms with van der Waals surface area (Å²) in [7, 11) is -4.73. The lowest BCUT2D eigenvalue weighted by molar-refractivity contribution is -0.285. The molecule has 0 aromatic heterocycles. The van der Waals surface area contributed by atoms with Gasteiger partial charge in [0, 0.05) is 0 Å². The number of rotatable bonds is 6. The van der Waals surface area contributed by atoms with Crippen molar-refractivity contribution in [2.75, 3.05) is 6.61 Å². The highest BCUT2D eigenvalue weighted by Gasteiger charge is 2.43. The molecule has 1 aliphatic heterocycles. The van der Waals surface area contributed by atoms with Crippen molar-refractivity contribution in [1.29, 1.82) is 0 Å². The number of carbonyl (C=O) groups is 1. The number of nitrogens with two attached hydrogens (primary N) is 1. The van der Waals surface area contributed by atoms with Crippen molar-refractivity contribution in [2.45, 2.75) is 43.2 Å². The molecule has 1 fully saturated rings. The second kappa shape index (κ2) is 10.9. The van der Waals surface area contributed by atoms with Crippen LogP contribution in [-0.4, -0.2) is 89.7 Å². The number of aliphatic hydroxyl groups excluding tert-OH is 4. The van der Waals surface area contributed by atoms with Crippen molar-refractivity contribution in [3.63, 3.8) is 0 Å². The van der Waals surface area contributed by atoms with Crippen LogP contribution in [0.2, 0.25) is 0 Å². The monoisotopic (exact) mass is 441 g/mol. The summed E-state index contributed by atoms with van der Waals surface area (Å²) in [5.41, 5.74) is 6.12. The van der Waals surface area contributed by atoms with E-state index in [-0.39, 0.29) is 12.2 Å². The van der Waals surface area contributed by atoms with Crippen LogP contribution >= 0.6 is 7.82 Å².